The van der Waals surface area contributed by atoms with Gasteiger partial charge in [0.15, 0.2) is 0 Å². The maximum atomic E-state index is 5.66. The van der Waals surface area contributed by atoms with Gasteiger partial charge in [-0.1, -0.05) is 6.92 Å². The molecule has 3 nitrogen and oxygen atoms in total. The van der Waals surface area contributed by atoms with Crippen LogP contribution < -0.4 is 5.73 Å². The second kappa shape index (κ2) is 6.04. The van der Waals surface area contributed by atoms with Crippen molar-refractivity contribution in [3.05, 3.63) is 0 Å². The van der Waals surface area contributed by atoms with E-state index >= 15 is 0 Å². The lowest BCUT2D eigenvalue weighted by atomic mass is 10.1. The molecular formula is C8H17N3. The highest BCUT2D eigenvalue weighted by Gasteiger charge is 2.05. The van der Waals surface area contributed by atoms with E-state index in [-0.39, 0.29) is 6.17 Å². The Labute approximate surface area is 68.4 Å². The molecule has 0 aromatic rings. The standard InChI is InChI=1S/C8H17N3/c1-4-11-8(9)5-7(2)6-10-3/h4,7-8H,3,5-6,9H2,1-2H3/b11-4-/t7-,8?/m1/s1. The normalized spacial score (nSPS) is 16.6. The van der Waals surface area contributed by atoms with E-state index in [1.165, 1.54) is 0 Å². The number of nitrogens with zero attached hydrogens (tertiary/aromatic N) is 2. The van der Waals surface area contributed by atoms with Crippen LogP contribution in [0, 0.1) is 5.92 Å². The fourth-order valence-corrected chi connectivity index (χ4v) is 0.960. The van der Waals surface area contributed by atoms with Gasteiger partial charge in [-0.05, 0) is 32.2 Å². The van der Waals surface area contributed by atoms with Crippen molar-refractivity contribution in [2.24, 2.45) is 21.6 Å². The monoisotopic (exact) mass is 155 g/mol. The van der Waals surface area contributed by atoms with Crippen LogP contribution in [0.5, 0.6) is 0 Å². The van der Waals surface area contributed by atoms with Crippen molar-refractivity contribution in [1.29, 1.82) is 0 Å². The molecule has 0 aromatic carbocycles. The van der Waals surface area contributed by atoms with Crippen LogP contribution in [0.1, 0.15) is 20.3 Å². The zero-order valence-corrected chi connectivity index (χ0v) is 7.33. The second-order valence-corrected chi connectivity index (χ2v) is 2.72. The summed E-state index contributed by atoms with van der Waals surface area (Å²) in [7, 11) is 0. The Balaban J connectivity index is 3.55. The third-order valence-corrected chi connectivity index (χ3v) is 1.43. The molecule has 0 aromatic heterocycles. The summed E-state index contributed by atoms with van der Waals surface area (Å²) in [6.45, 7) is 8.16. The van der Waals surface area contributed by atoms with Crippen LogP contribution in [0.3, 0.4) is 0 Å². The van der Waals surface area contributed by atoms with Gasteiger partial charge in [0.05, 0.1) is 6.17 Å². The summed E-state index contributed by atoms with van der Waals surface area (Å²) in [4.78, 5) is 7.83. The fraction of sp³-hybridized carbons (Fsp3) is 0.750. The summed E-state index contributed by atoms with van der Waals surface area (Å²) >= 11 is 0. The van der Waals surface area contributed by atoms with Crippen molar-refractivity contribution in [2.45, 2.75) is 26.4 Å². The molecule has 2 atom stereocenters. The van der Waals surface area contributed by atoms with E-state index in [1.54, 1.807) is 6.21 Å². The van der Waals surface area contributed by atoms with Gasteiger partial charge >= 0.3 is 0 Å². The molecule has 0 aliphatic carbocycles. The summed E-state index contributed by atoms with van der Waals surface area (Å²) in [6, 6.07) is 0. The average molecular weight is 155 g/mol. The predicted octanol–water partition coefficient (Wildman–Crippen LogP) is 1.09. The SMILES string of the molecule is C=NC[C@H](C)CC(N)/N=C\C. The van der Waals surface area contributed by atoms with Crippen molar-refractivity contribution in [3.8, 4) is 0 Å². The van der Waals surface area contributed by atoms with E-state index < -0.39 is 0 Å². The van der Waals surface area contributed by atoms with Gasteiger partial charge in [-0.25, -0.2) is 0 Å². The molecule has 0 aliphatic rings. The van der Waals surface area contributed by atoms with Crippen LogP contribution in [0.15, 0.2) is 9.98 Å². The Bertz CT molecular complexity index is 131. The number of nitrogens with two attached hydrogens (primary N) is 1. The molecule has 64 valence electrons. The van der Waals surface area contributed by atoms with Crippen LogP contribution in [0.2, 0.25) is 0 Å². The molecule has 1 unspecified atom stereocenters. The highest BCUT2D eigenvalue weighted by atomic mass is 14.9. The van der Waals surface area contributed by atoms with Gasteiger partial charge in [-0.15, -0.1) is 0 Å². The third-order valence-electron chi connectivity index (χ3n) is 1.43. The van der Waals surface area contributed by atoms with Gasteiger partial charge in [-0.2, -0.15) is 0 Å². The van der Waals surface area contributed by atoms with E-state index in [2.05, 4.69) is 23.6 Å². The molecule has 0 fully saturated rings. The first-order valence-corrected chi connectivity index (χ1v) is 3.86. The minimum Gasteiger partial charge on any atom is -0.310 e. The Morgan fingerprint density at radius 2 is 2.27 bits per heavy atom. The molecule has 0 radical (unpaired) electrons. The first-order chi connectivity index (χ1) is 5.20. The van der Waals surface area contributed by atoms with Crippen molar-refractivity contribution in [3.63, 3.8) is 0 Å². The largest absolute Gasteiger partial charge is 0.310 e. The van der Waals surface area contributed by atoms with Crippen molar-refractivity contribution < 1.29 is 0 Å². The van der Waals surface area contributed by atoms with Gasteiger partial charge in [0.25, 0.3) is 0 Å². The molecule has 0 amide bonds. The third kappa shape index (κ3) is 5.73. The zero-order valence-electron chi connectivity index (χ0n) is 7.33. The summed E-state index contributed by atoms with van der Waals surface area (Å²) in [5, 5.41) is 0. The van der Waals surface area contributed by atoms with Gasteiger partial charge in [-0.3, -0.25) is 4.99 Å². The van der Waals surface area contributed by atoms with Gasteiger partial charge < -0.3 is 10.7 Å². The molecule has 0 saturated carbocycles. The molecule has 0 aliphatic heterocycles. The molecule has 0 saturated heterocycles. The van der Waals surface area contributed by atoms with E-state index in [0.29, 0.717) is 5.92 Å². The molecule has 0 heterocycles. The van der Waals surface area contributed by atoms with Crippen LogP contribution in [-0.2, 0) is 0 Å². The van der Waals surface area contributed by atoms with E-state index in [1.807, 2.05) is 6.92 Å². The van der Waals surface area contributed by atoms with E-state index in [0.717, 1.165) is 13.0 Å². The van der Waals surface area contributed by atoms with Crippen molar-refractivity contribution >= 4 is 12.9 Å². The van der Waals surface area contributed by atoms with Crippen molar-refractivity contribution in [2.75, 3.05) is 6.54 Å². The van der Waals surface area contributed by atoms with Crippen LogP contribution in [0.25, 0.3) is 0 Å². The molecule has 3 heteroatoms. The number of aliphatic imine (C=N–C) groups is 2. The van der Waals surface area contributed by atoms with Gasteiger partial charge in [0, 0.05) is 6.54 Å². The molecule has 11 heavy (non-hydrogen) atoms. The fourth-order valence-electron chi connectivity index (χ4n) is 0.960. The highest BCUT2D eigenvalue weighted by molar-refractivity contribution is 5.53. The topological polar surface area (TPSA) is 50.7 Å². The average Bonchev–Trinajstić information content (AvgIpc) is 1.87. The van der Waals surface area contributed by atoms with E-state index in [9.17, 15) is 0 Å². The quantitative estimate of drug-likeness (QED) is 0.593. The highest BCUT2D eigenvalue weighted by Crippen LogP contribution is 2.04. The molecule has 0 bridgehead atoms. The van der Waals surface area contributed by atoms with E-state index in [4.69, 9.17) is 5.73 Å². The lowest BCUT2D eigenvalue weighted by molar-refractivity contribution is 0.484. The minimum absolute atomic E-state index is 0.0725. The predicted molar refractivity (Wildman–Crippen MR) is 50.3 cm³/mol. The number of rotatable bonds is 5. The number of hydrogen-bond donors (Lipinski definition) is 1. The van der Waals surface area contributed by atoms with Crippen LogP contribution in [-0.4, -0.2) is 25.6 Å². The van der Waals surface area contributed by atoms with Gasteiger partial charge in [0.1, 0.15) is 0 Å². The molecule has 2 N–H and O–H groups in total. The number of hydrogen-bond acceptors (Lipinski definition) is 3. The minimum atomic E-state index is -0.0725. The lowest BCUT2D eigenvalue weighted by Crippen LogP contribution is -2.21. The Morgan fingerprint density at radius 3 is 2.73 bits per heavy atom. The lowest BCUT2D eigenvalue weighted by Gasteiger charge is -2.10. The van der Waals surface area contributed by atoms with Crippen LogP contribution >= 0.6 is 0 Å². The summed E-state index contributed by atoms with van der Waals surface area (Å²) < 4.78 is 0. The zero-order chi connectivity index (χ0) is 8.69. The first-order valence-electron chi connectivity index (χ1n) is 3.86. The smallest absolute Gasteiger partial charge is 0.0968 e. The Kier molecular flexibility index (Phi) is 5.65. The molecular weight excluding hydrogens is 138 g/mol. The summed E-state index contributed by atoms with van der Waals surface area (Å²) in [5.41, 5.74) is 5.66. The summed E-state index contributed by atoms with van der Waals surface area (Å²) in [6.07, 6.45) is 2.54. The Morgan fingerprint density at radius 1 is 1.64 bits per heavy atom. The second-order valence-electron chi connectivity index (χ2n) is 2.72. The molecule has 0 spiro atoms. The maximum Gasteiger partial charge on any atom is 0.0968 e. The van der Waals surface area contributed by atoms with Crippen LogP contribution in [0.4, 0.5) is 0 Å². The molecule has 0 rings (SSSR count). The first kappa shape index (κ1) is 10.3. The van der Waals surface area contributed by atoms with Gasteiger partial charge in [0.2, 0.25) is 0 Å². The maximum absolute atomic E-state index is 5.66. The summed E-state index contributed by atoms with van der Waals surface area (Å²) in [5.74, 6) is 0.478. The van der Waals surface area contributed by atoms with Crippen molar-refractivity contribution in [1.82, 2.24) is 0 Å². The Hall–Kier alpha value is -0.700.